The third kappa shape index (κ3) is 6.37. The Hall–Kier alpha value is -2.01. The molecule has 0 aliphatic heterocycles. The number of hydrogen-bond donors (Lipinski definition) is 0. The molecule has 4 nitrogen and oxygen atoms in total. The Kier molecular flexibility index (Phi) is 8.48. The quantitative estimate of drug-likeness (QED) is 0.474. The van der Waals surface area contributed by atoms with Crippen LogP contribution in [-0.4, -0.2) is 18.7 Å². The summed E-state index contributed by atoms with van der Waals surface area (Å²) >= 11 is 3.46. The summed E-state index contributed by atoms with van der Waals surface area (Å²) in [6, 6.07) is 15.4. The van der Waals surface area contributed by atoms with Gasteiger partial charge in [-0.25, -0.2) is 4.79 Å². The molecule has 2 aromatic carbocycles. The molecular formula is C21H25BrO4. The lowest BCUT2D eigenvalue weighted by atomic mass is 10.1. The molecule has 0 aliphatic carbocycles. The van der Waals surface area contributed by atoms with Gasteiger partial charge in [-0.2, -0.15) is 0 Å². The highest BCUT2D eigenvalue weighted by Crippen LogP contribution is 2.32. The number of hydrogen-bond acceptors (Lipinski definition) is 4. The van der Waals surface area contributed by atoms with Crippen molar-refractivity contribution in [1.29, 1.82) is 0 Å². The molecule has 1 atom stereocenters. The number of halogens is 1. The van der Waals surface area contributed by atoms with Crippen LogP contribution in [0.2, 0.25) is 0 Å². The van der Waals surface area contributed by atoms with Crippen molar-refractivity contribution in [3.8, 4) is 11.5 Å². The fraction of sp³-hybridized carbons (Fsp3) is 0.381. The summed E-state index contributed by atoms with van der Waals surface area (Å²) in [7, 11) is 0. The molecule has 2 rings (SSSR count). The van der Waals surface area contributed by atoms with E-state index in [-0.39, 0.29) is 5.97 Å². The number of ether oxygens (including phenoxy) is 3. The highest BCUT2D eigenvalue weighted by Gasteiger charge is 2.23. The molecule has 140 valence electrons. The standard InChI is InChI=1S/C21H25BrO4/c1-3-5-11-19(21(23)24-4-2)26-18-13-12-17(22)14-20(18)25-15-16-9-7-6-8-10-16/h6-10,12-14,19H,3-5,11,15H2,1-2H3/t19-/m0/s1. The van der Waals surface area contributed by atoms with Crippen molar-refractivity contribution in [3.05, 3.63) is 58.6 Å². The molecule has 0 N–H and O–H groups in total. The third-order valence-electron chi connectivity index (χ3n) is 3.78. The topological polar surface area (TPSA) is 44.8 Å². The van der Waals surface area contributed by atoms with Crippen LogP contribution in [0.4, 0.5) is 0 Å². The molecule has 0 radical (unpaired) electrons. The molecule has 0 saturated heterocycles. The van der Waals surface area contributed by atoms with Gasteiger partial charge in [0, 0.05) is 4.47 Å². The lowest BCUT2D eigenvalue weighted by molar-refractivity contribution is -0.151. The molecule has 2 aromatic rings. The van der Waals surface area contributed by atoms with E-state index >= 15 is 0 Å². The Labute approximate surface area is 163 Å². The van der Waals surface area contributed by atoms with E-state index in [1.807, 2.05) is 48.5 Å². The maximum atomic E-state index is 12.2. The van der Waals surface area contributed by atoms with Gasteiger partial charge < -0.3 is 14.2 Å². The zero-order valence-corrected chi connectivity index (χ0v) is 16.8. The third-order valence-corrected chi connectivity index (χ3v) is 4.27. The average Bonchev–Trinajstić information content (AvgIpc) is 2.65. The minimum absolute atomic E-state index is 0.335. The average molecular weight is 421 g/mol. The van der Waals surface area contributed by atoms with Crippen LogP contribution in [0.1, 0.15) is 38.7 Å². The van der Waals surface area contributed by atoms with Gasteiger partial charge in [0.25, 0.3) is 0 Å². The SMILES string of the molecule is CCCC[C@H](Oc1ccc(Br)cc1OCc1ccccc1)C(=O)OCC. The second-order valence-corrected chi connectivity index (χ2v) is 6.78. The summed E-state index contributed by atoms with van der Waals surface area (Å²) in [5.74, 6) is 0.796. The van der Waals surface area contributed by atoms with Crippen LogP contribution in [-0.2, 0) is 16.1 Å². The molecule has 0 fully saturated rings. The van der Waals surface area contributed by atoms with E-state index in [2.05, 4.69) is 22.9 Å². The number of benzene rings is 2. The molecule has 0 aliphatic rings. The first-order valence-corrected chi connectivity index (χ1v) is 9.72. The van der Waals surface area contributed by atoms with Crippen molar-refractivity contribution in [2.75, 3.05) is 6.61 Å². The summed E-state index contributed by atoms with van der Waals surface area (Å²) in [6.07, 6.45) is 1.86. The Morgan fingerprint density at radius 2 is 1.85 bits per heavy atom. The first kappa shape index (κ1) is 20.3. The van der Waals surface area contributed by atoms with Gasteiger partial charge in [-0.3, -0.25) is 0 Å². The molecule has 0 aromatic heterocycles. The van der Waals surface area contributed by atoms with Gasteiger partial charge in [-0.05, 0) is 43.5 Å². The summed E-state index contributed by atoms with van der Waals surface area (Å²) in [4.78, 5) is 12.2. The van der Waals surface area contributed by atoms with E-state index in [0.717, 1.165) is 22.9 Å². The van der Waals surface area contributed by atoms with Crippen LogP contribution in [0.3, 0.4) is 0 Å². The van der Waals surface area contributed by atoms with E-state index in [1.165, 1.54) is 0 Å². The van der Waals surface area contributed by atoms with Crippen LogP contribution in [0, 0.1) is 0 Å². The van der Waals surface area contributed by atoms with Crippen LogP contribution < -0.4 is 9.47 Å². The lowest BCUT2D eigenvalue weighted by Crippen LogP contribution is -2.29. The molecule has 0 saturated carbocycles. The molecule has 26 heavy (non-hydrogen) atoms. The fourth-order valence-corrected chi connectivity index (χ4v) is 2.77. The zero-order valence-electron chi connectivity index (χ0n) is 15.2. The van der Waals surface area contributed by atoms with Gasteiger partial charge in [0.15, 0.2) is 17.6 Å². The molecule has 5 heteroatoms. The maximum absolute atomic E-state index is 12.2. The van der Waals surface area contributed by atoms with E-state index in [4.69, 9.17) is 14.2 Å². The summed E-state index contributed by atoms with van der Waals surface area (Å²) < 4.78 is 18.0. The van der Waals surface area contributed by atoms with Gasteiger partial charge in [0.2, 0.25) is 0 Å². The second-order valence-electron chi connectivity index (χ2n) is 5.87. The molecule has 0 unspecified atom stereocenters. The largest absolute Gasteiger partial charge is 0.485 e. The van der Waals surface area contributed by atoms with Crippen molar-refractivity contribution in [2.24, 2.45) is 0 Å². The number of unbranched alkanes of at least 4 members (excludes halogenated alkanes) is 1. The van der Waals surface area contributed by atoms with Gasteiger partial charge in [0.05, 0.1) is 6.61 Å². The monoisotopic (exact) mass is 420 g/mol. The van der Waals surface area contributed by atoms with E-state index in [9.17, 15) is 4.79 Å². The van der Waals surface area contributed by atoms with Crippen LogP contribution in [0.5, 0.6) is 11.5 Å². The van der Waals surface area contributed by atoms with E-state index in [1.54, 1.807) is 6.92 Å². The van der Waals surface area contributed by atoms with Crippen molar-refractivity contribution in [3.63, 3.8) is 0 Å². The van der Waals surface area contributed by atoms with Crippen LogP contribution in [0.25, 0.3) is 0 Å². The Bertz CT molecular complexity index is 688. The van der Waals surface area contributed by atoms with Crippen molar-refractivity contribution in [2.45, 2.75) is 45.8 Å². The van der Waals surface area contributed by atoms with Gasteiger partial charge >= 0.3 is 5.97 Å². The van der Waals surface area contributed by atoms with Gasteiger partial charge in [-0.15, -0.1) is 0 Å². The highest BCUT2D eigenvalue weighted by atomic mass is 79.9. The molecule has 0 bridgehead atoms. The number of carbonyl (C=O) groups is 1. The van der Waals surface area contributed by atoms with Gasteiger partial charge in [-0.1, -0.05) is 59.6 Å². The summed E-state index contributed by atoms with van der Waals surface area (Å²) in [5.41, 5.74) is 1.06. The Balaban J connectivity index is 2.14. The Morgan fingerprint density at radius 3 is 2.54 bits per heavy atom. The second kappa shape index (κ2) is 10.9. The van der Waals surface area contributed by atoms with E-state index < -0.39 is 6.10 Å². The minimum Gasteiger partial charge on any atom is -0.485 e. The predicted octanol–water partition coefficient (Wildman–Crippen LogP) is 5.53. The summed E-state index contributed by atoms with van der Waals surface area (Å²) in [6.45, 7) is 4.63. The Morgan fingerprint density at radius 1 is 1.08 bits per heavy atom. The first-order chi connectivity index (χ1) is 12.6. The van der Waals surface area contributed by atoms with Crippen molar-refractivity contribution in [1.82, 2.24) is 0 Å². The molecule has 0 heterocycles. The zero-order chi connectivity index (χ0) is 18.8. The van der Waals surface area contributed by atoms with Crippen molar-refractivity contribution >= 4 is 21.9 Å². The highest BCUT2D eigenvalue weighted by molar-refractivity contribution is 9.10. The summed E-state index contributed by atoms with van der Waals surface area (Å²) in [5, 5.41) is 0. The number of esters is 1. The smallest absolute Gasteiger partial charge is 0.347 e. The van der Waals surface area contributed by atoms with Crippen molar-refractivity contribution < 1.29 is 19.0 Å². The van der Waals surface area contributed by atoms with Gasteiger partial charge in [0.1, 0.15) is 6.61 Å². The fourth-order valence-electron chi connectivity index (χ4n) is 2.43. The maximum Gasteiger partial charge on any atom is 0.347 e. The molecule has 0 spiro atoms. The minimum atomic E-state index is -0.629. The lowest BCUT2D eigenvalue weighted by Gasteiger charge is -2.20. The normalized spacial score (nSPS) is 11.7. The first-order valence-electron chi connectivity index (χ1n) is 8.93. The molecule has 0 amide bonds. The molecular weight excluding hydrogens is 396 g/mol. The van der Waals surface area contributed by atoms with Crippen LogP contribution >= 0.6 is 15.9 Å². The number of carbonyl (C=O) groups excluding carboxylic acids is 1. The predicted molar refractivity (Wildman–Crippen MR) is 105 cm³/mol. The van der Waals surface area contributed by atoms with E-state index in [0.29, 0.717) is 31.1 Å². The van der Waals surface area contributed by atoms with Crippen LogP contribution in [0.15, 0.2) is 53.0 Å². The number of rotatable bonds is 10.